The second-order valence-electron chi connectivity index (χ2n) is 3.59. The van der Waals surface area contributed by atoms with Crippen molar-refractivity contribution in [1.82, 2.24) is 4.98 Å². The van der Waals surface area contributed by atoms with Crippen LogP contribution in [0.25, 0.3) is 10.9 Å². The maximum Gasteiger partial charge on any atom is 0.313 e. The zero-order valence-electron chi connectivity index (χ0n) is 9.34. The molecule has 1 heterocycles. The lowest BCUT2D eigenvalue weighted by Crippen LogP contribution is -2.09. The molecule has 0 bridgehead atoms. The third kappa shape index (κ3) is 2.47. The van der Waals surface area contributed by atoms with E-state index in [1.807, 2.05) is 6.07 Å². The van der Waals surface area contributed by atoms with Gasteiger partial charge in [-0.25, -0.2) is 0 Å². The molecule has 1 aromatic heterocycles. The first kappa shape index (κ1) is 11.3. The number of ether oxygens (including phenoxy) is 1. The van der Waals surface area contributed by atoms with Crippen LogP contribution in [0.15, 0.2) is 36.5 Å². The molecule has 4 heteroatoms. The molecule has 0 saturated carbocycles. The first-order chi connectivity index (χ1) is 8.20. The van der Waals surface area contributed by atoms with Crippen LogP contribution in [0.4, 0.5) is 0 Å². The number of pyridine rings is 1. The van der Waals surface area contributed by atoms with Gasteiger partial charge in [0.05, 0.1) is 12.6 Å². The third-order valence-electron chi connectivity index (χ3n) is 2.46. The predicted octanol–water partition coefficient (Wildman–Crippen LogP) is 1.98. The van der Waals surface area contributed by atoms with Crippen molar-refractivity contribution in [3.63, 3.8) is 0 Å². The normalized spacial score (nSPS) is 10.2. The molecule has 0 aliphatic rings. The van der Waals surface area contributed by atoms with Gasteiger partial charge in [0.15, 0.2) is 5.78 Å². The topological polar surface area (TPSA) is 56.3 Å². The number of ketones is 1. The number of carbonyl (C=O) groups is 2. The molecule has 86 valence electrons. The minimum absolute atomic E-state index is 0.234. The summed E-state index contributed by atoms with van der Waals surface area (Å²) in [5.41, 5.74) is 1.32. The van der Waals surface area contributed by atoms with Crippen LogP contribution in [-0.4, -0.2) is 23.8 Å². The highest BCUT2D eigenvalue weighted by Gasteiger charge is 2.12. The summed E-state index contributed by atoms with van der Waals surface area (Å²) < 4.78 is 4.46. The molecule has 0 spiro atoms. The number of esters is 1. The fourth-order valence-corrected chi connectivity index (χ4v) is 1.55. The van der Waals surface area contributed by atoms with Gasteiger partial charge in [0, 0.05) is 17.1 Å². The zero-order chi connectivity index (χ0) is 12.3. The minimum Gasteiger partial charge on any atom is -0.469 e. The highest BCUT2D eigenvalue weighted by molar-refractivity contribution is 6.07. The van der Waals surface area contributed by atoms with Crippen molar-refractivity contribution in [2.75, 3.05) is 7.11 Å². The summed E-state index contributed by atoms with van der Waals surface area (Å²) in [6.07, 6.45) is 1.46. The number of benzene rings is 1. The van der Waals surface area contributed by atoms with Gasteiger partial charge in [0.2, 0.25) is 0 Å². The van der Waals surface area contributed by atoms with E-state index in [2.05, 4.69) is 9.72 Å². The van der Waals surface area contributed by atoms with E-state index >= 15 is 0 Å². The van der Waals surface area contributed by atoms with E-state index in [-0.39, 0.29) is 12.2 Å². The molecular weight excluding hydrogens is 218 g/mol. The number of fused-ring (bicyclic) bond motifs is 1. The number of Topliss-reactive ketones (excluding diaryl/α,β-unsaturated/α-hetero) is 1. The highest BCUT2D eigenvalue weighted by Crippen LogP contribution is 2.14. The van der Waals surface area contributed by atoms with E-state index in [0.717, 1.165) is 10.9 Å². The van der Waals surface area contributed by atoms with Crippen molar-refractivity contribution in [1.29, 1.82) is 0 Å². The molecule has 0 amide bonds. The van der Waals surface area contributed by atoms with Gasteiger partial charge in [0.1, 0.15) is 6.42 Å². The first-order valence-electron chi connectivity index (χ1n) is 5.15. The predicted molar refractivity (Wildman–Crippen MR) is 62.7 cm³/mol. The summed E-state index contributed by atoms with van der Waals surface area (Å²) in [6, 6.07) is 8.84. The summed E-state index contributed by atoms with van der Waals surface area (Å²) in [7, 11) is 1.26. The molecule has 0 N–H and O–H groups in total. The van der Waals surface area contributed by atoms with Crippen molar-refractivity contribution in [2.45, 2.75) is 6.42 Å². The van der Waals surface area contributed by atoms with Gasteiger partial charge in [0.25, 0.3) is 0 Å². The monoisotopic (exact) mass is 229 g/mol. The van der Waals surface area contributed by atoms with E-state index in [9.17, 15) is 9.59 Å². The molecule has 0 saturated heterocycles. The number of methoxy groups -OCH3 is 1. The lowest BCUT2D eigenvalue weighted by molar-refractivity contribution is -0.139. The Kier molecular flexibility index (Phi) is 3.14. The SMILES string of the molecule is COC(=O)CC(=O)c1ccc2ncccc2c1. The van der Waals surface area contributed by atoms with Crippen LogP contribution in [0.3, 0.4) is 0 Å². The molecule has 4 nitrogen and oxygen atoms in total. The molecule has 0 unspecified atom stereocenters. The van der Waals surface area contributed by atoms with Gasteiger partial charge in [-0.1, -0.05) is 6.07 Å². The Morgan fingerprint density at radius 1 is 1.29 bits per heavy atom. The quantitative estimate of drug-likeness (QED) is 0.458. The maximum atomic E-state index is 11.7. The van der Waals surface area contributed by atoms with Crippen LogP contribution in [0, 0.1) is 0 Å². The zero-order valence-corrected chi connectivity index (χ0v) is 9.34. The Hall–Kier alpha value is -2.23. The summed E-state index contributed by atoms with van der Waals surface area (Å²) in [5, 5.41) is 0.878. The van der Waals surface area contributed by atoms with E-state index in [1.54, 1.807) is 30.5 Å². The van der Waals surface area contributed by atoms with Crippen molar-refractivity contribution >= 4 is 22.7 Å². The van der Waals surface area contributed by atoms with Gasteiger partial charge in [-0.3, -0.25) is 14.6 Å². The smallest absolute Gasteiger partial charge is 0.313 e. The van der Waals surface area contributed by atoms with Gasteiger partial charge in [-0.15, -0.1) is 0 Å². The molecular formula is C13H11NO3. The Bertz CT molecular complexity index is 578. The maximum absolute atomic E-state index is 11.7. The summed E-state index contributed by atoms with van der Waals surface area (Å²) >= 11 is 0. The number of hydrogen-bond donors (Lipinski definition) is 0. The first-order valence-corrected chi connectivity index (χ1v) is 5.15. The minimum atomic E-state index is -0.527. The summed E-state index contributed by atoms with van der Waals surface area (Å²) in [4.78, 5) is 26.9. The van der Waals surface area contributed by atoms with Gasteiger partial charge < -0.3 is 4.74 Å². The fourth-order valence-electron chi connectivity index (χ4n) is 1.55. The number of aromatic nitrogens is 1. The number of carbonyl (C=O) groups excluding carboxylic acids is 2. The van der Waals surface area contributed by atoms with Crippen LogP contribution in [0.1, 0.15) is 16.8 Å². The highest BCUT2D eigenvalue weighted by atomic mass is 16.5. The number of rotatable bonds is 3. The lowest BCUT2D eigenvalue weighted by Gasteiger charge is -2.02. The van der Waals surface area contributed by atoms with Crippen LogP contribution in [0.5, 0.6) is 0 Å². The van der Waals surface area contributed by atoms with Crippen LogP contribution < -0.4 is 0 Å². The molecule has 0 fully saturated rings. The second kappa shape index (κ2) is 4.74. The van der Waals surface area contributed by atoms with Crippen molar-refractivity contribution in [2.24, 2.45) is 0 Å². The lowest BCUT2D eigenvalue weighted by atomic mass is 10.1. The van der Waals surface area contributed by atoms with Gasteiger partial charge >= 0.3 is 5.97 Å². The standard InChI is InChI=1S/C13H11NO3/c1-17-13(16)8-12(15)10-4-5-11-9(7-10)3-2-6-14-11/h2-7H,8H2,1H3. The van der Waals surface area contributed by atoms with Crippen molar-refractivity contribution in [3.8, 4) is 0 Å². The molecule has 1 aromatic carbocycles. The summed E-state index contributed by atoms with van der Waals surface area (Å²) in [6.45, 7) is 0. The molecule has 0 aliphatic heterocycles. The Morgan fingerprint density at radius 2 is 2.12 bits per heavy atom. The van der Waals surface area contributed by atoms with E-state index in [0.29, 0.717) is 5.56 Å². The van der Waals surface area contributed by atoms with Crippen LogP contribution >= 0.6 is 0 Å². The number of nitrogens with zero attached hydrogens (tertiary/aromatic N) is 1. The Morgan fingerprint density at radius 3 is 2.88 bits per heavy atom. The van der Waals surface area contributed by atoms with Crippen LogP contribution in [-0.2, 0) is 9.53 Å². The van der Waals surface area contributed by atoms with Crippen molar-refractivity contribution in [3.05, 3.63) is 42.1 Å². The molecule has 0 aliphatic carbocycles. The summed E-state index contributed by atoms with van der Waals surface area (Å²) in [5.74, 6) is -0.774. The number of hydrogen-bond acceptors (Lipinski definition) is 4. The third-order valence-corrected chi connectivity index (χ3v) is 2.46. The molecule has 0 radical (unpaired) electrons. The van der Waals surface area contributed by atoms with Crippen LogP contribution in [0.2, 0.25) is 0 Å². The van der Waals surface area contributed by atoms with E-state index in [4.69, 9.17) is 0 Å². The molecule has 0 atom stereocenters. The van der Waals surface area contributed by atoms with E-state index in [1.165, 1.54) is 7.11 Å². The molecule has 2 aromatic rings. The van der Waals surface area contributed by atoms with E-state index < -0.39 is 5.97 Å². The van der Waals surface area contributed by atoms with Gasteiger partial charge in [-0.2, -0.15) is 0 Å². The van der Waals surface area contributed by atoms with Gasteiger partial charge in [-0.05, 0) is 24.3 Å². The average molecular weight is 229 g/mol. The largest absolute Gasteiger partial charge is 0.469 e. The molecule has 2 rings (SSSR count). The van der Waals surface area contributed by atoms with Crippen molar-refractivity contribution < 1.29 is 14.3 Å². The Labute approximate surface area is 98.2 Å². The second-order valence-corrected chi connectivity index (χ2v) is 3.59. The molecule has 17 heavy (non-hydrogen) atoms. The Balaban J connectivity index is 2.30. The fraction of sp³-hybridized carbons (Fsp3) is 0.154. The average Bonchev–Trinajstić information content (AvgIpc) is 2.38.